The zero-order chi connectivity index (χ0) is 23.1. The highest BCUT2D eigenvalue weighted by molar-refractivity contribution is 7.99. The number of fused-ring (bicyclic) bond motifs is 1. The molecule has 4 aromatic heterocycles. The van der Waals surface area contributed by atoms with Gasteiger partial charge in [0.15, 0.2) is 0 Å². The van der Waals surface area contributed by atoms with E-state index in [1.54, 1.807) is 23.7 Å². The lowest BCUT2D eigenvalue weighted by Crippen LogP contribution is -2.39. The van der Waals surface area contributed by atoms with Crippen LogP contribution in [-0.2, 0) is 4.79 Å². The zero-order valence-corrected chi connectivity index (χ0v) is 19.2. The van der Waals surface area contributed by atoms with Crippen LogP contribution in [0.3, 0.4) is 0 Å². The molecule has 0 unspecified atom stereocenters. The number of hydrogen-bond donors (Lipinski definition) is 1. The molecule has 8 nitrogen and oxygen atoms in total. The normalized spacial score (nSPS) is 16.5. The number of rotatable bonds is 4. The molecule has 1 amide bonds. The van der Waals surface area contributed by atoms with Crippen LogP contribution in [0, 0.1) is 12.7 Å². The standard InChI is InChI=1S/C23H24FN7OS/c1-14-19(10-28-31(14)18-4-3-7-29(13-18)15(2)32)16-8-21(23-20(25)11-27-30(23)12-16)33-22-6-5-17(24)9-26-22/h5-6,8-12,18H,3-4,7,13,25H2,1-2H3/t18-/m0/s1. The van der Waals surface area contributed by atoms with E-state index in [-0.39, 0.29) is 17.8 Å². The smallest absolute Gasteiger partial charge is 0.219 e. The fourth-order valence-electron chi connectivity index (χ4n) is 4.38. The zero-order valence-electron chi connectivity index (χ0n) is 18.4. The maximum absolute atomic E-state index is 13.3. The van der Waals surface area contributed by atoms with Crippen molar-refractivity contribution in [1.82, 2.24) is 29.3 Å². The number of carbonyl (C=O) groups excluding carboxylic acids is 1. The molecule has 1 saturated heterocycles. The summed E-state index contributed by atoms with van der Waals surface area (Å²) >= 11 is 1.41. The molecule has 0 bridgehead atoms. The van der Waals surface area contributed by atoms with Gasteiger partial charge in [0.2, 0.25) is 5.91 Å². The lowest BCUT2D eigenvalue weighted by Gasteiger charge is -2.32. The number of nitrogens with zero attached hydrogens (tertiary/aromatic N) is 6. The van der Waals surface area contributed by atoms with E-state index in [4.69, 9.17) is 5.73 Å². The van der Waals surface area contributed by atoms with Crippen LogP contribution in [0.25, 0.3) is 16.6 Å². The molecule has 0 aromatic carbocycles. The molecule has 10 heteroatoms. The van der Waals surface area contributed by atoms with Gasteiger partial charge in [-0.25, -0.2) is 13.9 Å². The Kier molecular flexibility index (Phi) is 5.53. The van der Waals surface area contributed by atoms with Crippen LogP contribution in [0.1, 0.15) is 31.5 Å². The molecule has 170 valence electrons. The summed E-state index contributed by atoms with van der Waals surface area (Å²) in [5.41, 5.74) is 10.5. The van der Waals surface area contributed by atoms with Gasteiger partial charge < -0.3 is 10.6 Å². The van der Waals surface area contributed by atoms with E-state index in [2.05, 4.69) is 15.2 Å². The van der Waals surface area contributed by atoms with Gasteiger partial charge in [0.25, 0.3) is 0 Å². The van der Waals surface area contributed by atoms with Crippen molar-refractivity contribution < 1.29 is 9.18 Å². The SMILES string of the molecule is CC(=O)N1CCC[C@H](n2ncc(-c3cc(Sc4ccc(F)cn4)c4c(N)cnn4c3)c2C)C1. The third-order valence-electron chi connectivity index (χ3n) is 6.06. The molecule has 5 rings (SSSR count). The molecular weight excluding hydrogens is 441 g/mol. The average molecular weight is 466 g/mol. The van der Waals surface area contributed by atoms with Crippen molar-refractivity contribution in [1.29, 1.82) is 0 Å². The second kappa shape index (κ2) is 8.51. The van der Waals surface area contributed by atoms with Crippen molar-refractivity contribution in [3.63, 3.8) is 0 Å². The molecule has 0 saturated carbocycles. The first-order valence-electron chi connectivity index (χ1n) is 10.8. The maximum Gasteiger partial charge on any atom is 0.219 e. The summed E-state index contributed by atoms with van der Waals surface area (Å²) < 4.78 is 17.1. The number of aromatic nitrogens is 5. The molecule has 33 heavy (non-hydrogen) atoms. The fourth-order valence-corrected chi connectivity index (χ4v) is 5.34. The summed E-state index contributed by atoms with van der Waals surface area (Å²) in [6.45, 7) is 5.13. The van der Waals surface area contributed by atoms with E-state index in [0.717, 1.165) is 46.6 Å². The number of nitrogen functional groups attached to an aromatic ring is 1. The molecule has 1 fully saturated rings. The van der Waals surface area contributed by atoms with Crippen LogP contribution in [0.15, 0.2) is 52.9 Å². The Morgan fingerprint density at radius 1 is 1.24 bits per heavy atom. The van der Waals surface area contributed by atoms with E-state index in [1.165, 1.54) is 24.0 Å². The summed E-state index contributed by atoms with van der Waals surface area (Å²) in [6.07, 6.45) is 8.56. The summed E-state index contributed by atoms with van der Waals surface area (Å²) in [7, 11) is 0. The third-order valence-corrected chi connectivity index (χ3v) is 7.05. The molecule has 5 heterocycles. The van der Waals surface area contributed by atoms with Crippen LogP contribution in [-0.4, -0.2) is 48.3 Å². The number of likely N-dealkylation sites (tertiary alicyclic amines) is 1. The van der Waals surface area contributed by atoms with Crippen LogP contribution in [0.2, 0.25) is 0 Å². The molecular formula is C23H24FN7OS. The van der Waals surface area contributed by atoms with Crippen molar-refractivity contribution in [2.75, 3.05) is 18.8 Å². The van der Waals surface area contributed by atoms with Crippen LogP contribution in [0.4, 0.5) is 10.1 Å². The molecule has 1 atom stereocenters. The number of anilines is 1. The molecule has 4 aromatic rings. The number of pyridine rings is 2. The van der Waals surface area contributed by atoms with Gasteiger partial charge in [0.05, 0.1) is 30.3 Å². The van der Waals surface area contributed by atoms with Gasteiger partial charge >= 0.3 is 0 Å². The lowest BCUT2D eigenvalue weighted by atomic mass is 10.0. The predicted molar refractivity (Wildman–Crippen MR) is 124 cm³/mol. The Hall–Kier alpha value is -3.40. The minimum atomic E-state index is -0.379. The first-order chi connectivity index (χ1) is 15.9. The van der Waals surface area contributed by atoms with Crippen LogP contribution < -0.4 is 5.73 Å². The van der Waals surface area contributed by atoms with Crippen LogP contribution in [0.5, 0.6) is 0 Å². The highest BCUT2D eigenvalue weighted by Crippen LogP contribution is 2.37. The predicted octanol–water partition coefficient (Wildman–Crippen LogP) is 3.96. The first-order valence-corrected chi connectivity index (χ1v) is 11.6. The van der Waals surface area contributed by atoms with E-state index in [1.807, 2.05) is 35.0 Å². The highest BCUT2D eigenvalue weighted by Gasteiger charge is 2.25. The number of amides is 1. The van der Waals surface area contributed by atoms with Gasteiger partial charge in [-0.2, -0.15) is 10.2 Å². The number of piperidine rings is 1. The largest absolute Gasteiger partial charge is 0.396 e. The second-order valence-corrected chi connectivity index (χ2v) is 9.31. The summed E-state index contributed by atoms with van der Waals surface area (Å²) in [5, 5.41) is 9.75. The van der Waals surface area contributed by atoms with Gasteiger partial charge in [-0.15, -0.1) is 0 Å². The molecule has 1 aliphatic rings. The van der Waals surface area contributed by atoms with Crippen molar-refractivity contribution in [2.24, 2.45) is 0 Å². The highest BCUT2D eigenvalue weighted by atomic mass is 32.2. The van der Waals surface area contributed by atoms with Crippen molar-refractivity contribution in [2.45, 2.75) is 42.7 Å². The Labute approximate surface area is 194 Å². The molecule has 2 N–H and O–H groups in total. The average Bonchev–Trinajstić information content (AvgIpc) is 3.38. The second-order valence-electron chi connectivity index (χ2n) is 8.25. The van der Waals surface area contributed by atoms with Crippen molar-refractivity contribution in [3.8, 4) is 11.1 Å². The van der Waals surface area contributed by atoms with Gasteiger partial charge in [-0.05, 0) is 38.0 Å². The minimum Gasteiger partial charge on any atom is -0.396 e. The van der Waals surface area contributed by atoms with E-state index < -0.39 is 0 Å². The Bertz CT molecular complexity index is 1330. The summed E-state index contributed by atoms with van der Waals surface area (Å²) in [4.78, 5) is 18.8. The number of halogens is 1. The van der Waals surface area contributed by atoms with Gasteiger partial charge in [-0.3, -0.25) is 9.48 Å². The van der Waals surface area contributed by atoms with Gasteiger partial charge in [0, 0.05) is 47.9 Å². The molecule has 0 radical (unpaired) electrons. The van der Waals surface area contributed by atoms with Gasteiger partial charge in [-0.1, -0.05) is 11.8 Å². The monoisotopic (exact) mass is 465 g/mol. The maximum atomic E-state index is 13.3. The number of hydrogen-bond acceptors (Lipinski definition) is 6. The van der Waals surface area contributed by atoms with E-state index in [0.29, 0.717) is 17.3 Å². The number of nitrogens with two attached hydrogens (primary N) is 1. The van der Waals surface area contributed by atoms with Crippen molar-refractivity contribution >= 4 is 28.9 Å². The Balaban J connectivity index is 1.53. The van der Waals surface area contributed by atoms with Gasteiger partial charge in [0.1, 0.15) is 16.4 Å². The first kappa shape index (κ1) is 21.4. The van der Waals surface area contributed by atoms with Crippen molar-refractivity contribution in [3.05, 3.63) is 54.5 Å². The summed E-state index contributed by atoms with van der Waals surface area (Å²) in [6, 6.07) is 5.22. The molecule has 1 aliphatic heterocycles. The topological polar surface area (TPSA) is 94.3 Å². The quantitative estimate of drug-likeness (QED) is 0.490. The molecule has 0 spiro atoms. The van der Waals surface area contributed by atoms with E-state index in [9.17, 15) is 9.18 Å². The minimum absolute atomic E-state index is 0.0996. The Morgan fingerprint density at radius 2 is 2.09 bits per heavy atom. The Morgan fingerprint density at radius 3 is 2.85 bits per heavy atom. The summed E-state index contributed by atoms with van der Waals surface area (Å²) in [5.74, 6) is -0.279. The van der Waals surface area contributed by atoms with Crippen LogP contribution >= 0.6 is 11.8 Å². The fraction of sp³-hybridized carbons (Fsp3) is 0.304. The number of carbonyl (C=O) groups is 1. The molecule has 0 aliphatic carbocycles. The lowest BCUT2D eigenvalue weighted by molar-refractivity contribution is -0.130. The van der Waals surface area contributed by atoms with E-state index >= 15 is 0 Å². The third kappa shape index (κ3) is 4.06.